The number of nitrogens with zero attached hydrogens (tertiary/aromatic N) is 1. The van der Waals surface area contributed by atoms with E-state index in [4.69, 9.17) is 18.9 Å². The lowest BCUT2D eigenvalue weighted by atomic mass is 10.0. The smallest absolute Gasteiger partial charge is 0.191 e. The molecule has 1 saturated heterocycles. The Labute approximate surface area is 162 Å². The second-order valence-corrected chi connectivity index (χ2v) is 6.51. The van der Waals surface area contributed by atoms with Gasteiger partial charge in [-0.3, -0.25) is 4.99 Å². The zero-order valence-electron chi connectivity index (χ0n) is 16.8. The van der Waals surface area contributed by atoms with Gasteiger partial charge in [0.15, 0.2) is 5.96 Å². The molecule has 1 heterocycles. The standard InChI is InChI=1S/C20H33N3O4/c1-21-20(22-9-4-10-27-15-16-7-11-26-12-8-16)23-14-17-5-6-18(24-2)13-19(17)25-3/h5-6,13,16H,4,7-12,14-15H2,1-3H3,(H2,21,22,23). The van der Waals surface area contributed by atoms with Gasteiger partial charge in [0.1, 0.15) is 11.5 Å². The number of benzene rings is 1. The minimum Gasteiger partial charge on any atom is -0.497 e. The summed E-state index contributed by atoms with van der Waals surface area (Å²) in [4.78, 5) is 4.26. The molecule has 0 saturated carbocycles. The van der Waals surface area contributed by atoms with Crippen LogP contribution in [-0.4, -0.2) is 60.2 Å². The molecular formula is C20H33N3O4. The molecule has 7 heteroatoms. The van der Waals surface area contributed by atoms with E-state index in [1.54, 1.807) is 21.3 Å². The molecule has 7 nitrogen and oxygen atoms in total. The van der Waals surface area contributed by atoms with Gasteiger partial charge in [0, 0.05) is 58.2 Å². The molecule has 27 heavy (non-hydrogen) atoms. The molecule has 2 rings (SSSR count). The molecule has 1 aromatic carbocycles. The van der Waals surface area contributed by atoms with E-state index in [9.17, 15) is 0 Å². The maximum absolute atomic E-state index is 5.79. The van der Waals surface area contributed by atoms with Crippen molar-refractivity contribution in [1.29, 1.82) is 0 Å². The van der Waals surface area contributed by atoms with Crippen LogP contribution in [0.4, 0.5) is 0 Å². The van der Waals surface area contributed by atoms with Crippen molar-refractivity contribution in [1.82, 2.24) is 10.6 Å². The highest BCUT2D eigenvalue weighted by atomic mass is 16.5. The summed E-state index contributed by atoms with van der Waals surface area (Å²) in [6, 6.07) is 5.79. The van der Waals surface area contributed by atoms with Crippen LogP contribution >= 0.6 is 0 Å². The van der Waals surface area contributed by atoms with Crippen LogP contribution in [0.25, 0.3) is 0 Å². The van der Waals surface area contributed by atoms with E-state index in [2.05, 4.69) is 15.6 Å². The highest BCUT2D eigenvalue weighted by molar-refractivity contribution is 5.79. The maximum Gasteiger partial charge on any atom is 0.191 e. The van der Waals surface area contributed by atoms with Gasteiger partial charge in [-0.2, -0.15) is 0 Å². The molecule has 0 aromatic heterocycles. The largest absolute Gasteiger partial charge is 0.497 e. The van der Waals surface area contributed by atoms with Crippen LogP contribution in [0.3, 0.4) is 0 Å². The Morgan fingerprint density at radius 3 is 2.70 bits per heavy atom. The predicted molar refractivity (Wildman–Crippen MR) is 107 cm³/mol. The minimum atomic E-state index is 0.618. The van der Waals surface area contributed by atoms with Crippen LogP contribution in [0, 0.1) is 5.92 Å². The third kappa shape index (κ3) is 7.64. The summed E-state index contributed by atoms with van der Waals surface area (Å²) in [5.74, 6) is 2.98. The number of ether oxygens (including phenoxy) is 4. The van der Waals surface area contributed by atoms with Gasteiger partial charge >= 0.3 is 0 Å². The Hall–Kier alpha value is -1.99. The summed E-state index contributed by atoms with van der Waals surface area (Å²) >= 11 is 0. The van der Waals surface area contributed by atoms with Crippen molar-refractivity contribution < 1.29 is 18.9 Å². The lowest BCUT2D eigenvalue weighted by Crippen LogP contribution is -2.37. The van der Waals surface area contributed by atoms with Crippen molar-refractivity contribution in [3.8, 4) is 11.5 Å². The zero-order chi connectivity index (χ0) is 19.3. The van der Waals surface area contributed by atoms with Crippen LogP contribution < -0.4 is 20.1 Å². The van der Waals surface area contributed by atoms with Crippen LogP contribution in [0.15, 0.2) is 23.2 Å². The Morgan fingerprint density at radius 2 is 2.00 bits per heavy atom. The molecule has 152 valence electrons. The van der Waals surface area contributed by atoms with E-state index in [0.717, 1.165) is 75.3 Å². The van der Waals surface area contributed by atoms with Crippen LogP contribution in [0.1, 0.15) is 24.8 Å². The quantitative estimate of drug-likeness (QED) is 0.369. The van der Waals surface area contributed by atoms with Crippen molar-refractivity contribution >= 4 is 5.96 Å². The van der Waals surface area contributed by atoms with Crippen molar-refractivity contribution in [2.45, 2.75) is 25.8 Å². The maximum atomic E-state index is 5.79. The molecule has 0 amide bonds. The molecule has 2 N–H and O–H groups in total. The lowest BCUT2D eigenvalue weighted by molar-refractivity contribution is 0.0203. The minimum absolute atomic E-state index is 0.618. The molecule has 0 spiro atoms. The average molecular weight is 380 g/mol. The average Bonchev–Trinajstić information content (AvgIpc) is 2.73. The molecule has 1 aromatic rings. The van der Waals surface area contributed by atoms with Crippen molar-refractivity contribution in [3.63, 3.8) is 0 Å². The topological polar surface area (TPSA) is 73.3 Å². The zero-order valence-corrected chi connectivity index (χ0v) is 16.8. The third-order valence-electron chi connectivity index (χ3n) is 4.62. The number of rotatable bonds is 10. The van der Waals surface area contributed by atoms with Gasteiger partial charge in [-0.25, -0.2) is 0 Å². The number of hydrogen-bond acceptors (Lipinski definition) is 5. The van der Waals surface area contributed by atoms with Gasteiger partial charge in [-0.15, -0.1) is 0 Å². The van der Waals surface area contributed by atoms with Gasteiger partial charge < -0.3 is 29.6 Å². The first-order chi connectivity index (χ1) is 13.3. The van der Waals surface area contributed by atoms with E-state index in [1.165, 1.54) is 0 Å². The first-order valence-corrected chi connectivity index (χ1v) is 9.57. The first kappa shape index (κ1) is 21.3. The Balaban J connectivity index is 1.63. The molecule has 1 fully saturated rings. The van der Waals surface area contributed by atoms with Crippen molar-refractivity contribution in [2.24, 2.45) is 10.9 Å². The monoisotopic (exact) mass is 379 g/mol. The Kier molecular flexibility index (Phi) is 9.79. The molecule has 0 radical (unpaired) electrons. The van der Waals surface area contributed by atoms with Gasteiger partial charge in [0.25, 0.3) is 0 Å². The first-order valence-electron chi connectivity index (χ1n) is 9.57. The third-order valence-corrected chi connectivity index (χ3v) is 4.62. The molecule has 0 unspecified atom stereocenters. The fraction of sp³-hybridized carbons (Fsp3) is 0.650. The number of methoxy groups -OCH3 is 2. The fourth-order valence-corrected chi connectivity index (χ4v) is 2.94. The highest BCUT2D eigenvalue weighted by Gasteiger charge is 2.13. The molecule has 0 aliphatic carbocycles. The number of hydrogen-bond donors (Lipinski definition) is 2. The SMILES string of the molecule is CN=C(NCCCOCC1CCOCC1)NCc1ccc(OC)cc1OC. The predicted octanol–water partition coefficient (Wildman–Crippen LogP) is 2.20. The van der Waals surface area contributed by atoms with Crippen molar-refractivity contribution in [3.05, 3.63) is 23.8 Å². The van der Waals surface area contributed by atoms with E-state index in [1.807, 2.05) is 18.2 Å². The van der Waals surface area contributed by atoms with E-state index < -0.39 is 0 Å². The summed E-state index contributed by atoms with van der Waals surface area (Å²) < 4.78 is 21.8. The number of aliphatic imine (C=N–C) groups is 1. The number of nitrogens with one attached hydrogen (secondary N) is 2. The summed E-state index contributed by atoms with van der Waals surface area (Å²) in [5.41, 5.74) is 1.04. The van der Waals surface area contributed by atoms with E-state index in [0.29, 0.717) is 12.5 Å². The Bertz CT molecular complexity index is 574. The number of guanidine groups is 1. The van der Waals surface area contributed by atoms with Crippen LogP contribution in [0.2, 0.25) is 0 Å². The second kappa shape index (κ2) is 12.4. The molecule has 0 bridgehead atoms. The fourth-order valence-electron chi connectivity index (χ4n) is 2.94. The second-order valence-electron chi connectivity index (χ2n) is 6.51. The molecular weight excluding hydrogens is 346 g/mol. The normalized spacial score (nSPS) is 15.4. The van der Waals surface area contributed by atoms with Gasteiger partial charge in [0.05, 0.1) is 14.2 Å². The van der Waals surface area contributed by atoms with Crippen LogP contribution in [0.5, 0.6) is 11.5 Å². The summed E-state index contributed by atoms with van der Waals surface area (Å²) in [6.07, 6.45) is 3.17. The highest BCUT2D eigenvalue weighted by Crippen LogP contribution is 2.24. The Morgan fingerprint density at radius 1 is 1.19 bits per heavy atom. The van der Waals surface area contributed by atoms with Crippen molar-refractivity contribution in [2.75, 3.05) is 54.2 Å². The van der Waals surface area contributed by atoms with Gasteiger partial charge in [0.2, 0.25) is 0 Å². The summed E-state index contributed by atoms with van der Waals surface area (Å²) in [6.45, 7) is 4.77. The van der Waals surface area contributed by atoms with Gasteiger partial charge in [-0.05, 0) is 37.3 Å². The van der Waals surface area contributed by atoms with Gasteiger partial charge in [-0.1, -0.05) is 0 Å². The van der Waals surface area contributed by atoms with Crippen LogP contribution in [-0.2, 0) is 16.0 Å². The van der Waals surface area contributed by atoms with E-state index >= 15 is 0 Å². The van der Waals surface area contributed by atoms with E-state index in [-0.39, 0.29) is 0 Å². The summed E-state index contributed by atoms with van der Waals surface area (Å²) in [7, 11) is 5.07. The lowest BCUT2D eigenvalue weighted by Gasteiger charge is -2.21. The molecule has 0 atom stereocenters. The molecule has 1 aliphatic heterocycles. The summed E-state index contributed by atoms with van der Waals surface area (Å²) in [5, 5.41) is 6.62. The molecule has 1 aliphatic rings.